The van der Waals surface area contributed by atoms with Gasteiger partial charge in [-0.05, 0) is 48.7 Å². The molecule has 0 aliphatic carbocycles. The van der Waals surface area contributed by atoms with Crippen LogP contribution in [0, 0.1) is 13.8 Å². The summed E-state index contributed by atoms with van der Waals surface area (Å²) in [5, 5.41) is 7.13. The van der Waals surface area contributed by atoms with Crippen molar-refractivity contribution in [2.24, 2.45) is 0 Å². The highest BCUT2D eigenvalue weighted by Crippen LogP contribution is 2.20. The van der Waals surface area contributed by atoms with Crippen LogP contribution in [0.3, 0.4) is 0 Å². The van der Waals surface area contributed by atoms with Crippen molar-refractivity contribution in [3.05, 3.63) is 75.9 Å². The van der Waals surface area contributed by atoms with Crippen molar-refractivity contribution in [2.45, 2.75) is 20.4 Å². The molecule has 26 heavy (non-hydrogen) atoms. The van der Waals surface area contributed by atoms with Gasteiger partial charge in [0.25, 0.3) is 5.91 Å². The minimum Gasteiger partial charge on any atom is -0.483 e. The number of nitrogens with zero attached hydrogens (tertiary/aromatic N) is 2. The van der Waals surface area contributed by atoms with E-state index in [4.69, 9.17) is 4.74 Å². The molecule has 0 saturated carbocycles. The van der Waals surface area contributed by atoms with Crippen molar-refractivity contribution in [1.29, 1.82) is 0 Å². The molecule has 3 rings (SSSR count). The molecular formula is C20H20BrN3O2. The third-order valence-corrected chi connectivity index (χ3v) is 4.67. The van der Waals surface area contributed by atoms with E-state index in [0.29, 0.717) is 12.4 Å². The van der Waals surface area contributed by atoms with Crippen molar-refractivity contribution in [2.75, 3.05) is 11.9 Å². The summed E-state index contributed by atoms with van der Waals surface area (Å²) >= 11 is 3.42. The number of anilines is 1. The molecule has 0 bridgehead atoms. The Hall–Kier alpha value is -2.60. The third kappa shape index (κ3) is 4.52. The zero-order valence-electron chi connectivity index (χ0n) is 14.7. The Morgan fingerprint density at radius 3 is 2.69 bits per heavy atom. The molecule has 0 atom stereocenters. The average molecular weight is 414 g/mol. The van der Waals surface area contributed by atoms with E-state index in [1.807, 2.05) is 56.3 Å². The fraction of sp³-hybridized carbons (Fsp3) is 0.200. The third-order valence-electron chi connectivity index (χ3n) is 4.14. The van der Waals surface area contributed by atoms with Crippen molar-refractivity contribution in [3.63, 3.8) is 0 Å². The van der Waals surface area contributed by atoms with E-state index in [1.165, 1.54) is 0 Å². The van der Waals surface area contributed by atoms with Gasteiger partial charge in [0, 0.05) is 10.5 Å². The highest BCUT2D eigenvalue weighted by Gasteiger charge is 2.10. The molecule has 0 aliphatic heterocycles. The number of benzene rings is 2. The first-order valence-electron chi connectivity index (χ1n) is 8.28. The van der Waals surface area contributed by atoms with Crippen LogP contribution in [-0.2, 0) is 11.3 Å². The smallest absolute Gasteiger partial charge is 0.263 e. The van der Waals surface area contributed by atoms with E-state index in [2.05, 4.69) is 26.3 Å². The van der Waals surface area contributed by atoms with E-state index in [-0.39, 0.29) is 12.5 Å². The maximum absolute atomic E-state index is 12.2. The second kappa shape index (κ2) is 8.19. The lowest BCUT2D eigenvalue weighted by Crippen LogP contribution is -2.22. The van der Waals surface area contributed by atoms with Gasteiger partial charge >= 0.3 is 0 Å². The normalized spacial score (nSPS) is 10.6. The van der Waals surface area contributed by atoms with Crippen LogP contribution in [-0.4, -0.2) is 22.3 Å². The van der Waals surface area contributed by atoms with Crippen LogP contribution in [0.1, 0.15) is 16.7 Å². The number of rotatable bonds is 6. The molecule has 0 radical (unpaired) electrons. The van der Waals surface area contributed by atoms with Gasteiger partial charge in [-0.1, -0.05) is 40.2 Å². The number of hydrogen-bond donors (Lipinski definition) is 1. The van der Waals surface area contributed by atoms with Gasteiger partial charge in [0.15, 0.2) is 6.61 Å². The second-order valence-electron chi connectivity index (χ2n) is 6.04. The fourth-order valence-electron chi connectivity index (χ4n) is 2.53. The molecule has 5 nitrogen and oxygen atoms in total. The molecule has 134 valence electrons. The van der Waals surface area contributed by atoms with Gasteiger partial charge in [0.2, 0.25) is 0 Å². The molecule has 1 N–H and O–H groups in total. The fourth-order valence-corrected chi connectivity index (χ4v) is 2.79. The lowest BCUT2D eigenvalue weighted by Gasteiger charge is -2.12. The van der Waals surface area contributed by atoms with E-state index in [1.54, 1.807) is 16.9 Å². The van der Waals surface area contributed by atoms with Gasteiger partial charge in [-0.3, -0.25) is 4.79 Å². The maximum atomic E-state index is 12.2. The molecule has 1 heterocycles. The minimum atomic E-state index is -0.219. The molecule has 0 unspecified atom stereocenters. The lowest BCUT2D eigenvalue weighted by molar-refractivity contribution is -0.118. The molecule has 3 aromatic rings. The first-order chi connectivity index (χ1) is 12.5. The number of aryl methyl sites for hydroxylation is 1. The quantitative estimate of drug-likeness (QED) is 0.654. The highest BCUT2D eigenvalue weighted by molar-refractivity contribution is 9.10. The molecular weight excluding hydrogens is 394 g/mol. The lowest BCUT2D eigenvalue weighted by atomic mass is 10.1. The molecule has 0 aliphatic rings. The van der Waals surface area contributed by atoms with Gasteiger partial charge in [-0.15, -0.1) is 0 Å². The second-order valence-corrected chi connectivity index (χ2v) is 6.95. The predicted molar refractivity (Wildman–Crippen MR) is 106 cm³/mol. The molecule has 0 saturated heterocycles. The van der Waals surface area contributed by atoms with Gasteiger partial charge < -0.3 is 10.1 Å². The van der Waals surface area contributed by atoms with Gasteiger partial charge in [0.1, 0.15) is 11.6 Å². The van der Waals surface area contributed by atoms with Crippen molar-refractivity contribution < 1.29 is 9.53 Å². The molecule has 2 aromatic carbocycles. The van der Waals surface area contributed by atoms with Crippen LogP contribution in [0.2, 0.25) is 0 Å². The van der Waals surface area contributed by atoms with Crippen LogP contribution in [0.5, 0.6) is 5.75 Å². The Labute approximate surface area is 161 Å². The minimum absolute atomic E-state index is 0.0479. The van der Waals surface area contributed by atoms with Crippen LogP contribution >= 0.6 is 15.9 Å². The molecule has 0 spiro atoms. The van der Waals surface area contributed by atoms with Gasteiger partial charge in [0.05, 0.1) is 12.7 Å². The maximum Gasteiger partial charge on any atom is 0.263 e. The van der Waals surface area contributed by atoms with E-state index in [9.17, 15) is 4.79 Å². The average Bonchev–Trinajstić information content (AvgIpc) is 3.05. The topological polar surface area (TPSA) is 56.1 Å². The van der Waals surface area contributed by atoms with Crippen LogP contribution in [0.15, 0.2) is 59.2 Å². The van der Waals surface area contributed by atoms with E-state index in [0.717, 1.165) is 26.9 Å². The number of aromatic nitrogens is 2. The summed E-state index contributed by atoms with van der Waals surface area (Å²) in [4.78, 5) is 12.2. The first-order valence-corrected chi connectivity index (χ1v) is 9.07. The van der Waals surface area contributed by atoms with E-state index >= 15 is 0 Å². The summed E-state index contributed by atoms with van der Waals surface area (Å²) in [5.74, 6) is 1.15. The summed E-state index contributed by atoms with van der Waals surface area (Å²) < 4.78 is 8.43. The Kier molecular flexibility index (Phi) is 5.73. The van der Waals surface area contributed by atoms with Crippen LogP contribution < -0.4 is 10.1 Å². The number of carbonyl (C=O) groups excluding carboxylic acids is 1. The van der Waals surface area contributed by atoms with Gasteiger partial charge in [-0.25, -0.2) is 4.68 Å². The molecule has 6 heteroatoms. The van der Waals surface area contributed by atoms with Gasteiger partial charge in [-0.2, -0.15) is 5.10 Å². The van der Waals surface area contributed by atoms with Crippen LogP contribution in [0.25, 0.3) is 0 Å². The van der Waals surface area contributed by atoms with Crippen molar-refractivity contribution in [3.8, 4) is 5.75 Å². The summed E-state index contributed by atoms with van der Waals surface area (Å²) in [6.45, 7) is 4.53. The zero-order chi connectivity index (χ0) is 18.5. The SMILES string of the molecule is Cc1cccc(OCC(=O)Nc2ccnn2Cc2ccc(Br)cc2)c1C. The number of hydrogen-bond acceptors (Lipinski definition) is 3. The first kappa shape index (κ1) is 18.2. The summed E-state index contributed by atoms with van der Waals surface area (Å²) in [7, 11) is 0. The summed E-state index contributed by atoms with van der Waals surface area (Å²) in [6, 6.07) is 15.6. The van der Waals surface area contributed by atoms with Crippen molar-refractivity contribution in [1.82, 2.24) is 9.78 Å². The van der Waals surface area contributed by atoms with Crippen LogP contribution in [0.4, 0.5) is 5.82 Å². The number of carbonyl (C=O) groups is 1. The summed E-state index contributed by atoms with van der Waals surface area (Å²) in [6.07, 6.45) is 1.67. The Morgan fingerprint density at radius 2 is 1.92 bits per heavy atom. The Balaban J connectivity index is 1.60. The number of nitrogens with one attached hydrogen (secondary N) is 1. The molecule has 1 aromatic heterocycles. The number of halogens is 1. The largest absolute Gasteiger partial charge is 0.483 e. The predicted octanol–water partition coefficient (Wildman–Crippen LogP) is 4.33. The number of ether oxygens (including phenoxy) is 1. The Bertz CT molecular complexity index is 904. The molecule has 0 fully saturated rings. The van der Waals surface area contributed by atoms with Crippen molar-refractivity contribution >= 4 is 27.7 Å². The summed E-state index contributed by atoms with van der Waals surface area (Å²) in [5.41, 5.74) is 3.27. The number of amides is 1. The zero-order valence-corrected chi connectivity index (χ0v) is 16.3. The Morgan fingerprint density at radius 1 is 1.15 bits per heavy atom. The van der Waals surface area contributed by atoms with E-state index < -0.39 is 0 Å². The monoisotopic (exact) mass is 413 g/mol. The standard InChI is InChI=1S/C20H20BrN3O2/c1-14-4-3-5-18(15(14)2)26-13-20(25)23-19-10-11-22-24(19)12-16-6-8-17(21)9-7-16/h3-11H,12-13H2,1-2H3,(H,23,25). The molecule has 1 amide bonds. The highest BCUT2D eigenvalue weighted by atomic mass is 79.9.